The lowest BCUT2D eigenvalue weighted by atomic mass is 9.83. The topological polar surface area (TPSA) is 96.3 Å². The van der Waals surface area contributed by atoms with E-state index in [0.29, 0.717) is 35.8 Å². The molecule has 2 atom stereocenters. The van der Waals surface area contributed by atoms with Crippen LogP contribution in [0.3, 0.4) is 0 Å². The van der Waals surface area contributed by atoms with E-state index in [4.69, 9.17) is 0 Å². The summed E-state index contributed by atoms with van der Waals surface area (Å²) in [5.74, 6) is 1.76. The van der Waals surface area contributed by atoms with E-state index in [0.717, 1.165) is 42.4 Å². The van der Waals surface area contributed by atoms with E-state index in [-0.39, 0.29) is 23.3 Å². The third-order valence-corrected chi connectivity index (χ3v) is 8.92. The van der Waals surface area contributed by atoms with Crippen molar-refractivity contribution < 1.29 is 9.59 Å². The molecular weight excluding hydrogens is 546 g/mol. The Bertz CT molecular complexity index is 1630. The Balaban J connectivity index is 1.19. The first-order valence-corrected chi connectivity index (χ1v) is 15.4. The summed E-state index contributed by atoms with van der Waals surface area (Å²) in [6.45, 7) is 2.71. The van der Waals surface area contributed by atoms with Crippen LogP contribution >= 0.6 is 11.8 Å². The SMILES string of the molecule is O=C(NCCSCc1ccccc1)c1ccc(N2CC3CC(C2)c2cccc(=O)n2C3)c(NC(=O)c2cccnc2)c1. The number of anilines is 2. The Kier molecular flexibility index (Phi) is 8.37. The van der Waals surface area contributed by atoms with Crippen LogP contribution in [0.2, 0.25) is 0 Å². The molecule has 2 aliphatic heterocycles. The normalized spacial score (nSPS) is 17.3. The molecule has 0 aliphatic carbocycles. The maximum atomic E-state index is 13.2. The minimum absolute atomic E-state index is 0.0499. The van der Waals surface area contributed by atoms with E-state index < -0.39 is 0 Å². The Hall–Kier alpha value is -4.37. The maximum absolute atomic E-state index is 13.2. The fraction of sp³-hybridized carbons (Fsp3) is 0.273. The minimum Gasteiger partial charge on any atom is -0.369 e. The number of aromatic nitrogens is 2. The largest absolute Gasteiger partial charge is 0.369 e. The number of hydrogen-bond acceptors (Lipinski definition) is 6. The fourth-order valence-electron chi connectivity index (χ4n) is 5.94. The number of fused-ring (bicyclic) bond motifs is 4. The summed E-state index contributed by atoms with van der Waals surface area (Å²) in [5, 5.41) is 6.06. The van der Waals surface area contributed by atoms with Crippen molar-refractivity contribution in [1.82, 2.24) is 14.9 Å². The highest BCUT2D eigenvalue weighted by molar-refractivity contribution is 7.98. The third kappa shape index (κ3) is 6.26. The quantitative estimate of drug-likeness (QED) is 0.277. The molecule has 1 fully saturated rings. The van der Waals surface area contributed by atoms with Gasteiger partial charge in [0.15, 0.2) is 0 Å². The highest BCUT2D eigenvalue weighted by Crippen LogP contribution is 2.39. The number of carbonyl (C=O) groups is 2. The number of piperidine rings is 1. The molecule has 2 bridgehead atoms. The number of nitrogens with zero attached hydrogens (tertiary/aromatic N) is 3. The van der Waals surface area contributed by atoms with Gasteiger partial charge in [-0.1, -0.05) is 36.4 Å². The second-order valence-corrected chi connectivity index (χ2v) is 11.9. The van der Waals surface area contributed by atoms with Gasteiger partial charge < -0.3 is 20.1 Å². The van der Waals surface area contributed by atoms with Gasteiger partial charge in [-0.25, -0.2) is 0 Å². The van der Waals surface area contributed by atoms with Crippen molar-refractivity contribution in [3.05, 3.63) is 124 Å². The number of amides is 2. The predicted octanol–water partition coefficient (Wildman–Crippen LogP) is 4.78. The number of benzene rings is 2. The van der Waals surface area contributed by atoms with E-state index in [1.807, 2.05) is 47.0 Å². The van der Waals surface area contributed by atoms with E-state index in [1.54, 1.807) is 42.2 Å². The van der Waals surface area contributed by atoms with Gasteiger partial charge in [0.1, 0.15) is 0 Å². The second-order valence-electron chi connectivity index (χ2n) is 10.8. The number of thioether (sulfide) groups is 1. The zero-order valence-electron chi connectivity index (χ0n) is 23.2. The zero-order chi connectivity index (χ0) is 28.9. The molecule has 42 heavy (non-hydrogen) atoms. The Labute approximate surface area is 249 Å². The standard InChI is InChI=1S/C33H33N5O3S/c39-31-10-4-9-29-27-16-24(20-38(29)31)19-37(21-27)30-12-11-25(17-28(30)36-33(41)26-8-5-13-34-18-26)32(40)35-14-15-42-22-23-6-2-1-3-7-23/h1-13,17-18,24,27H,14-16,19-22H2,(H,35,40)(H,36,41). The van der Waals surface area contributed by atoms with Crippen molar-refractivity contribution in [2.75, 3.05) is 35.6 Å². The Morgan fingerprint density at radius 2 is 1.79 bits per heavy atom. The first-order valence-electron chi connectivity index (χ1n) is 14.2. The molecule has 4 aromatic rings. The van der Waals surface area contributed by atoms with Crippen molar-refractivity contribution >= 4 is 35.0 Å². The summed E-state index contributed by atoms with van der Waals surface area (Å²) in [7, 11) is 0. The average Bonchev–Trinajstić information content (AvgIpc) is 3.02. The summed E-state index contributed by atoms with van der Waals surface area (Å²) in [4.78, 5) is 45.1. The molecule has 2 aromatic heterocycles. The van der Waals surface area contributed by atoms with E-state index >= 15 is 0 Å². The molecular formula is C33H33N5O3S. The van der Waals surface area contributed by atoms with Gasteiger partial charge in [0.05, 0.1) is 16.9 Å². The van der Waals surface area contributed by atoms with Crippen molar-refractivity contribution in [3.63, 3.8) is 0 Å². The van der Waals surface area contributed by atoms with Crippen LogP contribution in [0.25, 0.3) is 0 Å². The molecule has 0 radical (unpaired) electrons. The van der Waals surface area contributed by atoms with E-state index in [9.17, 15) is 14.4 Å². The third-order valence-electron chi connectivity index (χ3n) is 7.89. The van der Waals surface area contributed by atoms with Crippen molar-refractivity contribution in [1.29, 1.82) is 0 Å². The number of nitrogens with one attached hydrogen (secondary N) is 2. The van der Waals surface area contributed by atoms with Crippen LogP contribution in [0.5, 0.6) is 0 Å². The van der Waals surface area contributed by atoms with Crippen LogP contribution in [0.4, 0.5) is 11.4 Å². The summed E-state index contributed by atoms with van der Waals surface area (Å²) < 4.78 is 1.91. The lowest BCUT2D eigenvalue weighted by Crippen LogP contribution is -2.47. The number of carbonyl (C=O) groups excluding carboxylic acids is 2. The summed E-state index contributed by atoms with van der Waals surface area (Å²) in [6.07, 6.45) is 4.18. The molecule has 8 nitrogen and oxygen atoms in total. The van der Waals surface area contributed by atoms with Gasteiger partial charge in [-0.15, -0.1) is 0 Å². The summed E-state index contributed by atoms with van der Waals surface area (Å²) in [5.41, 5.74) is 4.75. The molecule has 214 valence electrons. The van der Waals surface area contributed by atoms with Crippen molar-refractivity contribution in [3.8, 4) is 0 Å². The molecule has 0 spiro atoms. The number of pyridine rings is 2. The van der Waals surface area contributed by atoms with Gasteiger partial charge in [-0.3, -0.25) is 19.4 Å². The van der Waals surface area contributed by atoms with Gasteiger partial charge in [0, 0.05) is 73.3 Å². The molecule has 6 rings (SSSR count). The molecule has 4 heterocycles. The fourth-order valence-corrected chi connectivity index (χ4v) is 6.76. The Morgan fingerprint density at radius 1 is 0.905 bits per heavy atom. The predicted molar refractivity (Wildman–Crippen MR) is 167 cm³/mol. The van der Waals surface area contributed by atoms with Crippen LogP contribution in [-0.4, -0.2) is 46.8 Å². The molecule has 2 unspecified atom stereocenters. The van der Waals surface area contributed by atoms with E-state index in [2.05, 4.69) is 32.7 Å². The molecule has 2 aromatic carbocycles. The van der Waals surface area contributed by atoms with Crippen LogP contribution in [-0.2, 0) is 12.3 Å². The first-order chi connectivity index (χ1) is 20.5. The molecule has 0 saturated carbocycles. The van der Waals surface area contributed by atoms with Gasteiger partial charge in [-0.2, -0.15) is 11.8 Å². The number of rotatable bonds is 9. The smallest absolute Gasteiger partial charge is 0.257 e. The molecule has 1 saturated heterocycles. The first kappa shape index (κ1) is 27.8. The van der Waals surface area contributed by atoms with Crippen molar-refractivity contribution in [2.24, 2.45) is 5.92 Å². The van der Waals surface area contributed by atoms with Crippen LogP contribution < -0.4 is 21.1 Å². The van der Waals surface area contributed by atoms with Gasteiger partial charge >= 0.3 is 0 Å². The van der Waals surface area contributed by atoms with E-state index in [1.165, 1.54) is 11.8 Å². The summed E-state index contributed by atoms with van der Waals surface area (Å²) in [6, 6.07) is 24.7. The maximum Gasteiger partial charge on any atom is 0.257 e. The highest BCUT2D eigenvalue weighted by Gasteiger charge is 2.35. The monoisotopic (exact) mass is 579 g/mol. The molecule has 2 aliphatic rings. The molecule has 2 amide bonds. The van der Waals surface area contributed by atoms with Crippen LogP contribution in [0, 0.1) is 5.92 Å². The van der Waals surface area contributed by atoms with Gasteiger partial charge in [0.2, 0.25) is 0 Å². The zero-order valence-corrected chi connectivity index (χ0v) is 24.1. The van der Waals surface area contributed by atoms with Gasteiger partial charge in [-0.05, 0) is 54.3 Å². The lowest BCUT2D eigenvalue weighted by Gasteiger charge is -2.44. The van der Waals surface area contributed by atoms with Crippen LogP contribution in [0.15, 0.2) is 96.1 Å². The minimum atomic E-state index is -0.284. The second kappa shape index (κ2) is 12.7. The number of hydrogen-bond donors (Lipinski definition) is 2. The Morgan fingerprint density at radius 3 is 2.62 bits per heavy atom. The molecule has 9 heteroatoms. The highest BCUT2D eigenvalue weighted by atomic mass is 32.2. The lowest BCUT2D eigenvalue weighted by molar-refractivity contribution is 0.0954. The summed E-state index contributed by atoms with van der Waals surface area (Å²) >= 11 is 1.77. The average molecular weight is 580 g/mol. The van der Waals surface area contributed by atoms with Crippen molar-refractivity contribution in [2.45, 2.75) is 24.6 Å². The molecule has 2 N–H and O–H groups in total. The van der Waals surface area contributed by atoms with Crippen LogP contribution in [0.1, 0.15) is 44.3 Å². The van der Waals surface area contributed by atoms with Gasteiger partial charge in [0.25, 0.3) is 17.4 Å².